The summed E-state index contributed by atoms with van der Waals surface area (Å²) in [6, 6.07) is 11.5. The number of hydrogen-bond donors (Lipinski definition) is 1. The molecule has 0 radical (unpaired) electrons. The van der Waals surface area contributed by atoms with E-state index in [9.17, 15) is 14.4 Å². The fraction of sp³-hybridized carbons (Fsp3) is 0.391. The molecule has 0 fully saturated rings. The summed E-state index contributed by atoms with van der Waals surface area (Å²) in [5.74, 6) is -0.380. The van der Waals surface area contributed by atoms with E-state index in [1.807, 2.05) is 11.0 Å². The van der Waals surface area contributed by atoms with Gasteiger partial charge in [-0.3, -0.25) is 0 Å². The van der Waals surface area contributed by atoms with Crippen LogP contribution in [0.5, 0.6) is 0 Å². The maximum atomic E-state index is 13.9. The van der Waals surface area contributed by atoms with E-state index in [4.69, 9.17) is 23.2 Å². The number of rotatable bonds is 11. The monoisotopic (exact) mass is 449 g/mol. The van der Waals surface area contributed by atoms with Gasteiger partial charge in [0, 0.05) is 42.3 Å². The van der Waals surface area contributed by atoms with Crippen LogP contribution in [-0.4, -0.2) is 24.9 Å². The highest BCUT2D eigenvalue weighted by Gasteiger charge is 2.22. The molecule has 0 bridgehead atoms. The number of anilines is 1. The molecule has 4 nitrogen and oxygen atoms in total. The average Bonchev–Trinajstić information content (AvgIpc) is 2.74. The predicted molar refractivity (Wildman–Crippen MR) is 121 cm³/mol. The molecule has 2 aromatic rings. The molecule has 2 aromatic carbocycles. The van der Waals surface area contributed by atoms with Crippen molar-refractivity contribution >= 4 is 35.2 Å². The Kier molecular flexibility index (Phi) is 9.58. The number of nitrogens with one attached hydrogen (secondary N) is 1. The number of benzene rings is 2. The molecule has 1 atom stereocenters. The second-order valence-electron chi connectivity index (χ2n) is 7.12. The molecule has 0 heterocycles. The molecule has 160 valence electrons. The lowest BCUT2D eigenvalue weighted by molar-refractivity contribution is -0.108. The molecule has 0 aromatic heterocycles. The van der Waals surface area contributed by atoms with Gasteiger partial charge in [-0.1, -0.05) is 37.0 Å². The van der Waals surface area contributed by atoms with E-state index in [2.05, 4.69) is 19.2 Å². The second kappa shape index (κ2) is 11.9. The molecule has 0 saturated carbocycles. The van der Waals surface area contributed by atoms with Crippen molar-refractivity contribution in [3.8, 4) is 6.07 Å². The Morgan fingerprint density at radius 2 is 1.90 bits per heavy atom. The Hall–Kier alpha value is -2.13. The fourth-order valence-corrected chi connectivity index (χ4v) is 3.76. The van der Waals surface area contributed by atoms with Gasteiger partial charge in [-0.05, 0) is 54.8 Å². The maximum absolute atomic E-state index is 13.9. The van der Waals surface area contributed by atoms with Crippen LogP contribution in [0.2, 0.25) is 10.0 Å². The van der Waals surface area contributed by atoms with Crippen molar-refractivity contribution in [1.82, 2.24) is 5.32 Å². The van der Waals surface area contributed by atoms with Crippen molar-refractivity contribution < 1.29 is 9.18 Å². The summed E-state index contributed by atoms with van der Waals surface area (Å²) < 4.78 is 13.9. The zero-order chi connectivity index (χ0) is 22.1. The Morgan fingerprint density at radius 1 is 1.17 bits per heavy atom. The fourth-order valence-electron chi connectivity index (χ4n) is 3.36. The molecule has 0 aliphatic heterocycles. The van der Waals surface area contributed by atoms with E-state index < -0.39 is 0 Å². The largest absolute Gasteiger partial charge is 0.362 e. The third kappa shape index (κ3) is 6.43. The van der Waals surface area contributed by atoms with Gasteiger partial charge < -0.3 is 15.0 Å². The van der Waals surface area contributed by atoms with Crippen LogP contribution in [0.25, 0.3) is 0 Å². The summed E-state index contributed by atoms with van der Waals surface area (Å²) in [4.78, 5) is 13.4. The minimum atomic E-state index is -0.380. The number of aldehydes is 1. The highest BCUT2D eigenvalue weighted by molar-refractivity contribution is 6.32. The van der Waals surface area contributed by atoms with Gasteiger partial charge >= 0.3 is 0 Å². The van der Waals surface area contributed by atoms with E-state index in [0.29, 0.717) is 40.3 Å². The van der Waals surface area contributed by atoms with Crippen LogP contribution in [0, 0.1) is 17.1 Å². The molecule has 0 unspecified atom stereocenters. The molecule has 1 N–H and O–H groups in total. The van der Waals surface area contributed by atoms with Gasteiger partial charge in [0.15, 0.2) is 0 Å². The Morgan fingerprint density at radius 3 is 2.50 bits per heavy atom. The van der Waals surface area contributed by atoms with Crippen molar-refractivity contribution in [3.05, 3.63) is 63.4 Å². The first kappa shape index (κ1) is 24.1. The average molecular weight is 450 g/mol. The molecule has 0 aliphatic rings. The normalized spacial score (nSPS) is 11.9. The zero-order valence-corrected chi connectivity index (χ0v) is 18.7. The molecule has 30 heavy (non-hydrogen) atoms. The van der Waals surface area contributed by atoms with Crippen LogP contribution >= 0.6 is 23.2 Å². The zero-order valence-electron chi connectivity index (χ0n) is 17.2. The number of carbonyl (C=O) groups excluding carboxylic acids is 1. The van der Waals surface area contributed by atoms with Crippen molar-refractivity contribution in [2.24, 2.45) is 0 Å². The first-order chi connectivity index (χ1) is 14.4. The highest BCUT2D eigenvalue weighted by atomic mass is 35.5. The first-order valence-corrected chi connectivity index (χ1v) is 10.8. The molecule has 2 rings (SSSR count). The standard InChI is InChI=1S/C23H26Cl2FN3O/c1-3-19(4-2)28-14-21(9-10-30)29(15-17-11-18(26)6-8-22(17)24)20-7-5-16(13-27)23(25)12-20/h5-8,10-12,19,21,28H,3-4,9,14-15H2,1-2H3/t21-/m0/s1. The number of halogens is 3. The summed E-state index contributed by atoms with van der Waals surface area (Å²) in [5.41, 5.74) is 1.71. The first-order valence-electron chi connectivity index (χ1n) is 10.0. The summed E-state index contributed by atoms with van der Waals surface area (Å²) in [6.07, 6.45) is 3.11. The molecule has 0 spiro atoms. The molecular weight excluding hydrogens is 424 g/mol. The number of carbonyl (C=O) groups is 1. The summed E-state index contributed by atoms with van der Waals surface area (Å²) >= 11 is 12.6. The molecular formula is C23H26Cl2FN3O. The molecule has 0 amide bonds. The number of nitrogens with zero attached hydrogens (tertiary/aromatic N) is 2. The maximum Gasteiger partial charge on any atom is 0.123 e. The topological polar surface area (TPSA) is 56.1 Å². The van der Waals surface area contributed by atoms with Crippen LogP contribution in [0.1, 0.15) is 44.2 Å². The van der Waals surface area contributed by atoms with E-state index >= 15 is 0 Å². The minimum Gasteiger partial charge on any atom is -0.362 e. The second-order valence-corrected chi connectivity index (χ2v) is 7.93. The smallest absolute Gasteiger partial charge is 0.123 e. The number of nitriles is 1. The Bertz CT molecular complexity index is 897. The lowest BCUT2D eigenvalue weighted by atomic mass is 10.1. The van der Waals surface area contributed by atoms with Crippen molar-refractivity contribution in [3.63, 3.8) is 0 Å². The molecule has 0 aliphatic carbocycles. The Balaban J connectivity index is 2.44. The molecule has 0 saturated heterocycles. The van der Waals surface area contributed by atoms with Crippen molar-refractivity contribution in [2.75, 3.05) is 11.4 Å². The molecule has 7 heteroatoms. The quantitative estimate of drug-likeness (QED) is 0.443. The van der Waals surface area contributed by atoms with E-state index in [0.717, 1.165) is 24.8 Å². The predicted octanol–water partition coefficient (Wildman–Crippen LogP) is 5.75. The van der Waals surface area contributed by atoms with Gasteiger partial charge in [0.2, 0.25) is 0 Å². The lowest BCUT2D eigenvalue weighted by Crippen LogP contribution is -2.45. The van der Waals surface area contributed by atoms with E-state index in [-0.39, 0.29) is 18.3 Å². The van der Waals surface area contributed by atoms with Gasteiger partial charge in [-0.25, -0.2) is 4.39 Å². The van der Waals surface area contributed by atoms with E-state index in [1.165, 1.54) is 18.2 Å². The van der Waals surface area contributed by atoms with Gasteiger partial charge in [-0.15, -0.1) is 0 Å². The number of hydrogen-bond acceptors (Lipinski definition) is 4. The summed E-state index contributed by atoms with van der Waals surface area (Å²) in [5, 5.41) is 13.5. The minimum absolute atomic E-state index is 0.202. The van der Waals surface area contributed by atoms with Crippen LogP contribution in [-0.2, 0) is 11.3 Å². The van der Waals surface area contributed by atoms with E-state index in [1.54, 1.807) is 18.2 Å². The van der Waals surface area contributed by atoms with Crippen LogP contribution < -0.4 is 10.2 Å². The van der Waals surface area contributed by atoms with Crippen molar-refractivity contribution in [2.45, 2.75) is 51.7 Å². The van der Waals surface area contributed by atoms with Gasteiger partial charge in [0.05, 0.1) is 10.6 Å². The van der Waals surface area contributed by atoms with Crippen LogP contribution in [0.3, 0.4) is 0 Å². The summed E-state index contributed by atoms with van der Waals surface area (Å²) in [7, 11) is 0. The lowest BCUT2D eigenvalue weighted by Gasteiger charge is -2.34. The highest BCUT2D eigenvalue weighted by Crippen LogP contribution is 2.29. The van der Waals surface area contributed by atoms with Gasteiger partial charge in [-0.2, -0.15) is 5.26 Å². The van der Waals surface area contributed by atoms with Crippen LogP contribution in [0.4, 0.5) is 10.1 Å². The third-order valence-corrected chi connectivity index (χ3v) is 5.87. The van der Waals surface area contributed by atoms with Crippen molar-refractivity contribution in [1.29, 1.82) is 5.26 Å². The van der Waals surface area contributed by atoms with Gasteiger partial charge in [0.25, 0.3) is 0 Å². The SMILES string of the molecule is CCC(CC)NC[C@H](CC=O)N(Cc1cc(F)ccc1Cl)c1ccc(C#N)c(Cl)c1. The van der Waals surface area contributed by atoms with Crippen LogP contribution in [0.15, 0.2) is 36.4 Å². The Labute approximate surface area is 187 Å². The summed E-state index contributed by atoms with van der Waals surface area (Å²) in [6.45, 7) is 5.08. The van der Waals surface area contributed by atoms with Gasteiger partial charge in [0.1, 0.15) is 18.2 Å². The third-order valence-electron chi connectivity index (χ3n) is 5.19.